The van der Waals surface area contributed by atoms with Crippen LogP contribution in [-0.2, 0) is 4.84 Å². The van der Waals surface area contributed by atoms with Gasteiger partial charge in [-0.2, -0.15) is 0 Å². The van der Waals surface area contributed by atoms with Gasteiger partial charge in [-0.3, -0.25) is 4.84 Å². The first-order valence-corrected chi connectivity index (χ1v) is 2.93. The van der Waals surface area contributed by atoms with Gasteiger partial charge in [0.25, 0.3) is 0 Å². The van der Waals surface area contributed by atoms with Crippen molar-refractivity contribution < 1.29 is 9.68 Å². The highest BCUT2D eigenvalue weighted by molar-refractivity contribution is 5.20. The van der Waals surface area contributed by atoms with Crippen molar-refractivity contribution in [3.8, 4) is 5.75 Å². The lowest BCUT2D eigenvalue weighted by molar-refractivity contribution is -0.0796. The van der Waals surface area contributed by atoms with Crippen LogP contribution in [0, 0.1) is 0 Å². The van der Waals surface area contributed by atoms with E-state index in [1.807, 2.05) is 30.3 Å². The summed E-state index contributed by atoms with van der Waals surface area (Å²) < 4.78 is 0. The Kier molecular flexibility index (Phi) is 2.73. The van der Waals surface area contributed by atoms with Gasteiger partial charge in [-0.25, -0.2) is 0 Å². The molecular weight excluding hydrogens is 130 g/mol. The summed E-state index contributed by atoms with van der Waals surface area (Å²) in [6.45, 7) is 0. The van der Waals surface area contributed by atoms with Gasteiger partial charge in [0.05, 0.1) is 7.11 Å². The summed E-state index contributed by atoms with van der Waals surface area (Å²) in [7, 11) is 1.49. The van der Waals surface area contributed by atoms with Gasteiger partial charge in [-0.15, -0.1) is 0 Å². The molecule has 0 radical (unpaired) electrons. The predicted octanol–water partition coefficient (Wildman–Crippen LogP) is 1.13. The topological polar surface area (TPSA) is 30.5 Å². The summed E-state index contributed by atoms with van der Waals surface area (Å²) in [5.74, 6) is 0.726. The van der Waals surface area contributed by atoms with Crippen LogP contribution in [0.3, 0.4) is 0 Å². The molecule has 3 nitrogen and oxygen atoms in total. The van der Waals surface area contributed by atoms with Gasteiger partial charge in [-0.05, 0) is 17.8 Å². The van der Waals surface area contributed by atoms with Crippen molar-refractivity contribution in [3.63, 3.8) is 0 Å². The molecule has 0 fully saturated rings. The summed E-state index contributed by atoms with van der Waals surface area (Å²) in [6.07, 6.45) is 0. The van der Waals surface area contributed by atoms with E-state index in [1.54, 1.807) is 0 Å². The van der Waals surface area contributed by atoms with Crippen molar-refractivity contribution >= 4 is 0 Å². The van der Waals surface area contributed by atoms with Crippen LogP contribution >= 0.6 is 0 Å². The first-order chi connectivity index (χ1) is 4.93. The van der Waals surface area contributed by atoms with Crippen molar-refractivity contribution in [2.45, 2.75) is 0 Å². The lowest BCUT2D eigenvalue weighted by Crippen LogP contribution is -2.15. The Bertz CT molecular complexity index is 176. The highest BCUT2D eigenvalue weighted by Gasteiger charge is 1.86. The molecule has 1 aromatic carbocycles. The van der Waals surface area contributed by atoms with E-state index < -0.39 is 0 Å². The quantitative estimate of drug-likeness (QED) is 0.637. The fourth-order valence-electron chi connectivity index (χ4n) is 0.578. The van der Waals surface area contributed by atoms with E-state index in [4.69, 9.17) is 4.84 Å². The Morgan fingerprint density at radius 2 is 1.90 bits per heavy atom. The van der Waals surface area contributed by atoms with E-state index in [0.717, 1.165) is 5.75 Å². The van der Waals surface area contributed by atoms with Crippen LogP contribution < -0.4 is 10.5 Å². The summed E-state index contributed by atoms with van der Waals surface area (Å²) in [6, 6.07) is 9.33. The second-order valence-corrected chi connectivity index (χ2v) is 1.70. The van der Waals surface area contributed by atoms with Crippen LogP contribution in [0.2, 0.25) is 0 Å². The maximum atomic E-state index is 4.88. The van der Waals surface area contributed by atoms with E-state index in [0.29, 0.717) is 0 Å². The van der Waals surface area contributed by atoms with Gasteiger partial charge in [-0.1, -0.05) is 18.2 Å². The molecule has 0 saturated carbocycles. The molecule has 0 amide bonds. The molecule has 0 aliphatic heterocycles. The van der Waals surface area contributed by atoms with Crippen molar-refractivity contribution in [2.75, 3.05) is 7.11 Å². The number of rotatable bonds is 3. The first-order valence-electron chi connectivity index (χ1n) is 2.93. The highest BCUT2D eigenvalue weighted by Crippen LogP contribution is 2.05. The third-order valence-corrected chi connectivity index (χ3v) is 0.986. The van der Waals surface area contributed by atoms with Crippen LogP contribution in [0.4, 0.5) is 0 Å². The fourth-order valence-corrected chi connectivity index (χ4v) is 0.578. The summed E-state index contributed by atoms with van der Waals surface area (Å²) in [5, 5.41) is 0. The van der Waals surface area contributed by atoms with E-state index >= 15 is 0 Å². The SMILES string of the molecule is CONOc1ccccc1. The maximum absolute atomic E-state index is 4.88. The number of hydrogen-bond donors (Lipinski definition) is 1. The Morgan fingerprint density at radius 1 is 1.20 bits per heavy atom. The molecular formula is C7H9NO2. The zero-order valence-electron chi connectivity index (χ0n) is 5.70. The fraction of sp³-hybridized carbons (Fsp3) is 0.143. The summed E-state index contributed by atoms with van der Waals surface area (Å²) in [4.78, 5) is 9.36. The first kappa shape index (κ1) is 7.05. The number of para-hydroxylation sites is 1. The van der Waals surface area contributed by atoms with E-state index in [2.05, 4.69) is 10.5 Å². The van der Waals surface area contributed by atoms with Crippen LogP contribution in [0.25, 0.3) is 0 Å². The van der Waals surface area contributed by atoms with Gasteiger partial charge < -0.3 is 4.84 Å². The molecule has 0 heterocycles. The zero-order valence-corrected chi connectivity index (χ0v) is 5.70. The second kappa shape index (κ2) is 3.87. The predicted molar refractivity (Wildman–Crippen MR) is 37.2 cm³/mol. The van der Waals surface area contributed by atoms with Crippen LogP contribution in [-0.4, -0.2) is 7.11 Å². The molecule has 3 heteroatoms. The van der Waals surface area contributed by atoms with E-state index in [1.165, 1.54) is 7.11 Å². The van der Waals surface area contributed by atoms with E-state index in [-0.39, 0.29) is 0 Å². The van der Waals surface area contributed by atoms with E-state index in [9.17, 15) is 0 Å². The van der Waals surface area contributed by atoms with Crippen molar-refractivity contribution in [2.24, 2.45) is 0 Å². The van der Waals surface area contributed by atoms with Crippen LogP contribution in [0.5, 0.6) is 5.75 Å². The smallest absolute Gasteiger partial charge is 0.150 e. The van der Waals surface area contributed by atoms with Crippen LogP contribution in [0.1, 0.15) is 0 Å². The largest absolute Gasteiger partial charge is 0.383 e. The Hall–Kier alpha value is -1.06. The lowest BCUT2D eigenvalue weighted by atomic mass is 10.3. The number of benzene rings is 1. The monoisotopic (exact) mass is 139 g/mol. The summed E-state index contributed by atoms with van der Waals surface area (Å²) in [5.41, 5.74) is 2.26. The second-order valence-electron chi connectivity index (χ2n) is 1.70. The maximum Gasteiger partial charge on any atom is 0.150 e. The van der Waals surface area contributed by atoms with Gasteiger partial charge in [0.15, 0.2) is 0 Å². The van der Waals surface area contributed by atoms with Crippen molar-refractivity contribution in [1.82, 2.24) is 5.64 Å². The molecule has 0 aromatic heterocycles. The Morgan fingerprint density at radius 3 is 2.50 bits per heavy atom. The average molecular weight is 139 g/mol. The molecule has 1 aromatic rings. The minimum atomic E-state index is 0.726. The summed E-state index contributed by atoms with van der Waals surface area (Å²) >= 11 is 0. The molecule has 0 spiro atoms. The number of hydrogen-bond acceptors (Lipinski definition) is 3. The minimum absolute atomic E-state index is 0.726. The lowest BCUT2D eigenvalue weighted by Gasteiger charge is -2.01. The molecule has 0 aliphatic rings. The molecule has 1 N–H and O–H groups in total. The van der Waals surface area contributed by atoms with Gasteiger partial charge in [0.2, 0.25) is 0 Å². The number of nitrogens with one attached hydrogen (secondary N) is 1. The molecule has 1 rings (SSSR count). The molecule has 0 aliphatic carbocycles. The molecule has 54 valence electrons. The van der Waals surface area contributed by atoms with Gasteiger partial charge in [0, 0.05) is 0 Å². The van der Waals surface area contributed by atoms with Crippen LogP contribution in [0.15, 0.2) is 30.3 Å². The van der Waals surface area contributed by atoms with Crippen molar-refractivity contribution in [1.29, 1.82) is 0 Å². The highest BCUT2D eigenvalue weighted by atomic mass is 16.9. The zero-order chi connectivity index (χ0) is 7.23. The Balaban J connectivity index is 2.43. The Labute approximate surface area is 59.5 Å². The average Bonchev–Trinajstić information content (AvgIpc) is 2.03. The van der Waals surface area contributed by atoms with Crippen molar-refractivity contribution in [3.05, 3.63) is 30.3 Å². The normalized spacial score (nSPS) is 9.30. The minimum Gasteiger partial charge on any atom is -0.383 e. The third kappa shape index (κ3) is 2.05. The molecule has 0 atom stereocenters. The van der Waals surface area contributed by atoms with Gasteiger partial charge >= 0.3 is 0 Å². The molecule has 0 saturated heterocycles. The standard InChI is InChI=1S/C7H9NO2/c1-9-8-10-7-5-3-2-4-6-7/h2-6,8H,1H3. The van der Waals surface area contributed by atoms with Gasteiger partial charge in [0.1, 0.15) is 5.75 Å². The third-order valence-electron chi connectivity index (χ3n) is 0.986. The molecule has 10 heavy (non-hydrogen) atoms. The molecule has 0 bridgehead atoms. The molecule has 0 unspecified atom stereocenters.